The van der Waals surface area contributed by atoms with Crippen LogP contribution in [-0.4, -0.2) is 42.4 Å². The summed E-state index contributed by atoms with van der Waals surface area (Å²) in [7, 11) is 0. The number of amides is 1. The molecule has 0 saturated heterocycles. The van der Waals surface area contributed by atoms with E-state index in [-0.39, 0.29) is 30.0 Å². The summed E-state index contributed by atoms with van der Waals surface area (Å²) in [6.07, 6.45) is -3.40. The molecular weight excluding hydrogens is 462 g/mol. The molecule has 4 heterocycles. The van der Waals surface area contributed by atoms with Crippen LogP contribution in [-0.2, 0) is 18.2 Å². The number of carbonyl (C=O) groups is 1. The Hall–Kier alpha value is -3.74. The van der Waals surface area contributed by atoms with Gasteiger partial charge in [0.1, 0.15) is 11.1 Å². The van der Waals surface area contributed by atoms with Crippen LogP contribution in [0.5, 0.6) is 0 Å². The lowest BCUT2D eigenvalue weighted by molar-refractivity contribution is -0.141. The molecule has 1 amide bonds. The number of nitrogens with one attached hydrogen (secondary N) is 1. The van der Waals surface area contributed by atoms with Crippen LogP contribution in [0, 0.1) is 5.82 Å². The van der Waals surface area contributed by atoms with Crippen LogP contribution >= 0.6 is 0 Å². The predicted molar refractivity (Wildman–Crippen MR) is 106 cm³/mol. The van der Waals surface area contributed by atoms with Crippen LogP contribution in [0.1, 0.15) is 59.3 Å². The van der Waals surface area contributed by atoms with Crippen LogP contribution in [0.3, 0.4) is 0 Å². The van der Waals surface area contributed by atoms with Crippen molar-refractivity contribution >= 4 is 17.0 Å². The van der Waals surface area contributed by atoms with E-state index in [4.69, 9.17) is 8.83 Å². The highest BCUT2D eigenvalue weighted by Crippen LogP contribution is 2.39. The van der Waals surface area contributed by atoms with E-state index in [1.807, 2.05) is 0 Å². The molecule has 1 aromatic carbocycles. The molecule has 0 spiro atoms. The fraction of sp³-hybridized carbons (Fsp3) is 0.333. The lowest BCUT2D eigenvalue weighted by Crippen LogP contribution is -2.41. The number of hydrogen-bond donors (Lipinski definition) is 2. The van der Waals surface area contributed by atoms with E-state index in [0.29, 0.717) is 11.4 Å². The second-order valence-corrected chi connectivity index (χ2v) is 8.31. The fourth-order valence-electron chi connectivity index (χ4n) is 3.84. The number of fused-ring (bicyclic) bond motifs is 2. The molecule has 178 valence electrons. The molecule has 4 aromatic rings. The Morgan fingerprint density at radius 3 is 2.68 bits per heavy atom. The highest BCUT2D eigenvalue weighted by atomic mass is 19.4. The van der Waals surface area contributed by atoms with Gasteiger partial charge in [-0.15, -0.1) is 0 Å². The van der Waals surface area contributed by atoms with Crippen molar-refractivity contribution < 1.29 is 36.3 Å². The largest absolute Gasteiger partial charge is 0.437 e. The van der Waals surface area contributed by atoms with Gasteiger partial charge >= 0.3 is 6.18 Å². The molecule has 0 radical (unpaired) electrons. The molecule has 1 aliphatic heterocycles. The summed E-state index contributed by atoms with van der Waals surface area (Å²) >= 11 is 0. The van der Waals surface area contributed by atoms with Gasteiger partial charge in [0.25, 0.3) is 5.91 Å². The van der Waals surface area contributed by atoms with E-state index in [1.165, 1.54) is 38.4 Å². The van der Waals surface area contributed by atoms with Crippen molar-refractivity contribution in [2.24, 2.45) is 0 Å². The number of aliphatic hydroxyl groups is 1. The summed E-state index contributed by atoms with van der Waals surface area (Å²) < 4.78 is 66.1. The number of carbonyl (C=O) groups excluding carboxylic acids is 1. The summed E-state index contributed by atoms with van der Waals surface area (Å²) in [5.41, 5.74) is -2.50. The summed E-state index contributed by atoms with van der Waals surface area (Å²) in [5.74, 6) is -3.72. The third kappa shape index (κ3) is 3.52. The maximum Gasteiger partial charge on any atom is 0.437 e. The highest BCUT2D eigenvalue weighted by Gasteiger charge is 2.46. The first-order valence-corrected chi connectivity index (χ1v) is 10.1. The predicted octanol–water partition coefficient (Wildman–Crippen LogP) is 3.71. The first-order chi connectivity index (χ1) is 15.9. The van der Waals surface area contributed by atoms with Crippen molar-refractivity contribution in [2.75, 3.05) is 6.54 Å². The smallest absolute Gasteiger partial charge is 0.435 e. The third-order valence-electron chi connectivity index (χ3n) is 5.42. The second-order valence-electron chi connectivity index (χ2n) is 8.31. The minimum atomic E-state index is -5.03. The summed E-state index contributed by atoms with van der Waals surface area (Å²) in [6, 6.07) is 2.94. The number of aromatic amines is 1. The van der Waals surface area contributed by atoms with Crippen molar-refractivity contribution in [2.45, 2.75) is 38.1 Å². The molecule has 1 aliphatic rings. The lowest BCUT2D eigenvalue weighted by Gasteiger charge is -2.32. The SMILES string of the molecule is CC(C)(O)c1nc(C(F)(F)F)c(C(=O)N2CCc3[nH]cnc3[C@H]2c2nc3cccc(F)c3o2)o1. The first kappa shape index (κ1) is 22.1. The number of alkyl halides is 3. The normalized spacial score (nSPS) is 16.8. The van der Waals surface area contributed by atoms with Crippen molar-refractivity contribution in [3.8, 4) is 0 Å². The fourth-order valence-corrected chi connectivity index (χ4v) is 3.84. The molecule has 0 unspecified atom stereocenters. The monoisotopic (exact) mass is 479 g/mol. The van der Waals surface area contributed by atoms with Crippen molar-refractivity contribution in [1.29, 1.82) is 0 Å². The van der Waals surface area contributed by atoms with Crippen LogP contribution in [0.2, 0.25) is 0 Å². The first-order valence-electron chi connectivity index (χ1n) is 10.1. The van der Waals surface area contributed by atoms with Crippen LogP contribution < -0.4 is 0 Å². The maximum absolute atomic E-state index is 14.2. The van der Waals surface area contributed by atoms with Gasteiger partial charge < -0.3 is 23.8 Å². The van der Waals surface area contributed by atoms with Crippen LogP contribution in [0.25, 0.3) is 11.1 Å². The van der Waals surface area contributed by atoms with Crippen molar-refractivity contribution in [3.63, 3.8) is 0 Å². The molecule has 2 N–H and O–H groups in total. The van der Waals surface area contributed by atoms with Crippen LogP contribution in [0.4, 0.5) is 17.6 Å². The topological polar surface area (TPSA) is 121 Å². The number of nitrogens with zero attached hydrogens (tertiary/aromatic N) is 4. The zero-order valence-electron chi connectivity index (χ0n) is 17.8. The molecule has 0 fully saturated rings. The summed E-state index contributed by atoms with van der Waals surface area (Å²) in [4.78, 5) is 29.2. The molecular formula is C21H17F4N5O4. The van der Waals surface area contributed by atoms with Gasteiger partial charge in [-0.25, -0.2) is 19.3 Å². The molecule has 0 bridgehead atoms. The number of imidazole rings is 1. The number of oxazole rings is 2. The molecule has 13 heteroatoms. The van der Waals surface area contributed by atoms with Crippen LogP contribution in [0.15, 0.2) is 33.4 Å². The van der Waals surface area contributed by atoms with Gasteiger partial charge in [0.05, 0.1) is 12.0 Å². The summed E-state index contributed by atoms with van der Waals surface area (Å²) in [5, 5.41) is 10.1. The zero-order valence-corrected chi connectivity index (χ0v) is 17.8. The Bertz CT molecular complexity index is 1400. The van der Waals surface area contributed by atoms with Crippen molar-refractivity contribution in [3.05, 3.63) is 65.0 Å². The average molecular weight is 479 g/mol. The lowest BCUT2D eigenvalue weighted by atomic mass is 10.0. The van der Waals surface area contributed by atoms with Gasteiger partial charge in [-0.1, -0.05) is 6.07 Å². The van der Waals surface area contributed by atoms with Gasteiger partial charge in [0.15, 0.2) is 23.1 Å². The Labute approximate surface area is 188 Å². The van der Waals surface area contributed by atoms with Gasteiger partial charge in [-0.05, 0) is 26.0 Å². The van der Waals surface area contributed by atoms with E-state index in [1.54, 1.807) is 0 Å². The van der Waals surface area contributed by atoms with E-state index in [9.17, 15) is 27.5 Å². The molecule has 34 heavy (non-hydrogen) atoms. The second kappa shape index (κ2) is 7.38. The quantitative estimate of drug-likeness (QED) is 0.430. The van der Waals surface area contributed by atoms with Gasteiger partial charge in [-0.2, -0.15) is 13.2 Å². The Kier molecular flexibility index (Phi) is 4.79. The number of hydrogen-bond acceptors (Lipinski definition) is 7. The van der Waals surface area contributed by atoms with Gasteiger partial charge in [0.2, 0.25) is 17.5 Å². The zero-order chi connectivity index (χ0) is 24.4. The Balaban J connectivity index is 1.65. The van der Waals surface area contributed by atoms with E-state index >= 15 is 0 Å². The number of rotatable bonds is 3. The minimum Gasteiger partial charge on any atom is -0.435 e. The summed E-state index contributed by atoms with van der Waals surface area (Å²) in [6.45, 7) is 2.31. The molecule has 3 aromatic heterocycles. The number of para-hydroxylation sites is 1. The molecule has 0 saturated carbocycles. The number of H-pyrrole nitrogens is 1. The van der Waals surface area contributed by atoms with E-state index in [0.717, 1.165) is 4.90 Å². The van der Waals surface area contributed by atoms with Gasteiger partial charge in [-0.3, -0.25) is 4.79 Å². The average Bonchev–Trinajstić information content (AvgIpc) is 3.48. The van der Waals surface area contributed by atoms with Gasteiger partial charge in [0, 0.05) is 18.7 Å². The highest BCUT2D eigenvalue weighted by molar-refractivity contribution is 5.93. The Morgan fingerprint density at radius 2 is 2.00 bits per heavy atom. The van der Waals surface area contributed by atoms with E-state index < -0.39 is 46.9 Å². The molecule has 1 atom stereocenters. The van der Waals surface area contributed by atoms with Crippen molar-refractivity contribution in [1.82, 2.24) is 24.8 Å². The standard InChI is InChI=1S/C21H17F4N5O4/c1-20(2,32)19-29-16(21(23,24)25)15(34-19)18(31)30-7-6-10-12(27-8-26-10)13(30)17-28-11-5-3-4-9(22)14(11)33-17/h3-5,8,13,32H,6-7H2,1-2H3,(H,26,27)/t13-/m0/s1. The molecule has 5 rings (SSSR count). The number of benzene rings is 1. The number of aromatic nitrogens is 4. The molecule has 9 nitrogen and oxygen atoms in total. The molecule has 0 aliphatic carbocycles. The third-order valence-corrected chi connectivity index (χ3v) is 5.42. The maximum atomic E-state index is 14.2. The minimum absolute atomic E-state index is 0.0459. The number of halogens is 4. The van der Waals surface area contributed by atoms with E-state index in [2.05, 4.69) is 19.9 Å². The Morgan fingerprint density at radius 1 is 1.24 bits per heavy atom.